The maximum atomic E-state index is 13.1. The van der Waals surface area contributed by atoms with Gasteiger partial charge >= 0.3 is 39.5 Å². The molecule has 0 amide bonds. The van der Waals surface area contributed by atoms with Crippen LogP contribution in [0, 0.1) is 5.92 Å². The van der Waals surface area contributed by atoms with Crippen LogP contribution in [-0.2, 0) is 65.4 Å². The zero-order valence-corrected chi connectivity index (χ0v) is 62.2. The SMILES string of the molecule is CCCCCCCCCCCCCCCC(=O)OC[C@H](COP(=O)(O)OC[C@@H](O)COP(=O)(O)OC[C@@H](COC(=O)CCCCCCC)OC(=O)CCCCCCCCCCCCCCC)OC(=O)CCCCCCCCCCCCCCCCCCCCC(C)CC. The van der Waals surface area contributed by atoms with Crippen molar-refractivity contribution >= 4 is 39.5 Å². The Morgan fingerprint density at radius 2 is 0.516 bits per heavy atom. The Hall–Kier alpha value is -1.94. The average Bonchev–Trinajstić information content (AvgIpc) is 2.62. The van der Waals surface area contributed by atoms with Crippen molar-refractivity contribution in [1.29, 1.82) is 0 Å². The Balaban J connectivity index is 5.10. The van der Waals surface area contributed by atoms with E-state index in [4.69, 9.17) is 37.0 Å². The van der Waals surface area contributed by atoms with Gasteiger partial charge in [0, 0.05) is 25.7 Å². The first-order valence-corrected chi connectivity index (χ1v) is 41.7. The third-order valence-corrected chi connectivity index (χ3v) is 19.5. The molecule has 0 aliphatic heterocycles. The number of carbonyl (C=O) groups is 4. The second kappa shape index (κ2) is 67.3. The van der Waals surface area contributed by atoms with Crippen LogP contribution in [0.5, 0.6) is 0 Å². The van der Waals surface area contributed by atoms with E-state index < -0.39 is 97.5 Å². The van der Waals surface area contributed by atoms with E-state index in [1.807, 2.05) is 0 Å². The highest BCUT2D eigenvalue weighted by atomic mass is 31.2. The fourth-order valence-electron chi connectivity index (χ4n) is 11.3. The first-order valence-electron chi connectivity index (χ1n) is 38.7. The van der Waals surface area contributed by atoms with Crippen LogP contribution in [0.1, 0.15) is 388 Å². The van der Waals surface area contributed by atoms with Crippen LogP contribution >= 0.6 is 15.6 Å². The first-order chi connectivity index (χ1) is 45.1. The number of esters is 4. The van der Waals surface area contributed by atoms with Gasteiger partial charge in [-0.2, -0.15) is 0 Å². The minimum Gasteiger partial charge on any atom is -0.462 e. The number of unbranched alkanes of at least 4 members (excludes halogenated alkanes) is 45. The van der Waals surface area contributed by atoms with Gasteiger partial charge in [-0.3, -0.25) is 37.3 Å². The lowest BCUT2D eigenvalue weighted by atomic mass is 9.99. The van der Waals surface area contributed by atoms with E-state index in [1.54, 1.807) is 0 Å². The molecule has 0 aliphatic rings. The minimum absolute atomic E-state index is 0.107. The van der Waals surface area contributed by atoms with E-state index in [9.17, 15) is 43.2 Å². The third kappa shape index (κ3) is 67.0. The molecule has 552 valence electrons. The molecule has 6 atom stereocenters. The van der Waals surface area contributed by atoms with E-state index in [-0.39, 0.29) is 25.7 Å². The topological polar surface area (TPSA) is 237 Å². The Kier molecular flexibility index (Phi) is 65.9. The molecule has 17 nitrogen and oxygen atoms in total. The standard InChI is InChI=1S/C74H144O17P2/c1-6-10-13-16-18-20-22-30-35-39-43-48-53-58-72(77)85-64-70(91-74(79)60-55-50-45-41-37-33-29-27-25-24-26-28-32-34-38-42-47-51-56-67(5)9-4)66-89-93(82,83)87-62-68(75)61-86-92(80,81)88-65-69(63-84-71(76)57-52-46-15-12-8-3)90-73(78)59-54-49-44-40-36-31-23-21-19-17-14-11-7-2/h67-70,75H,6-66H2,1-5H3,(H,80,81)(H,82,83)/t67?,68-,69+,70+/m0/s1. The molecule has 0 aromatic carbocycles. The minimum atomic E-state index is -4.95. The molecule has 0 spiro atoms. The van der Waals surface area contributed by atoms with Crippen molar-refractivity contribution in [2.45, 2.75) is 406 Å². The smallest absolute Gasteiger partial charge is 0.462 e. The number of aliphatic hydroxyl groups excluding tert-OH is 1. The van der Waals surface area contributed by atoms with Crippen LogP contribution in [0.4, 0.5) is 0 Å². The molecule has 0 saturated carbocycles. The lowest BCUT2D eigenvalue weighted by Gasteiger charge is -2.21. The Morgan fingerprint density at radius 3 is 0.763 bits per heavy atom. The van der Waals surface area contributed by atoms with Crippen molar-refractivity contribution in [2.24, 2.45) is 5.92 Å². The lowest BCUT2D eigenvalue weighted by Crippen LogP contribution is -2.30. The van der Waals surface area contributed by atoms with Gasteiger partial charge in [-0.15, -0.1) is 0 Å². The van der Waals surface area contributed by atoms with Gasteiger partial charge in [0.05, 0.1) is 26.4 Å². The normalized spacial score (nSPS) is 14.3. The van der Waals surface area contributed by atoms with Gasteiger partial charge in [0.25, 0.3) is 0 Å². The summed E-state index contributed by atoms with van der Waals surface area (Å²) >= 11 is 0. The van der Waals surface area contributed by atoms with Gasteiger partial charge in [0.2, 0.25) is 0 Å². The zero-order valence-electron chi connectivity index (χ0n) is 60.4. The molecule has 19 heteroatoms. The second-order valence-corrected chi connectivity index (χ2v) is 29.8. The molecule has 3 unspecified atom stereocenters. The third-order valence-electron chi connectivity index (χ3n) is 17.6. The molecule has 0 aliphatic carbocycles. The van der Waals surface area contributed by atoms with Crippen LogP contribution in [0.2, 0.25) is 0 Å². The molecule has 0 bridgehead atoms. The number of carbonyl (C=O) groups excluding carboxylic acids is 4. The van der Waals surface area contributed by atoms with Crippen molar-refractivity contribution in [3.05, 3.63) is 0 Å². The van der Waals surface area contributed by atoms with Gasteiger partial charge in [0.15, 0.2) is 12.2 Å². The van der Waals surface area contributed by atoms with Crippen molar-refractivity contribution < 1.29 is 80.2 Å². The number of hydrogen-bond donors (Lipinski definition) is 3. The van der Waals surface area contributed by atoms with E-state index in [0.29, 0.717) is 25.7 Å². The summed E-state index contributed by atoms with van der Waals surface area (Å²) in [4.78, 5) is 72.4. The highest BCUT2D eigenvalue weighted by Gasteiger charge is 2.30. The van der Waals surface area contributed by atoms with E-state index >= 15 is 0 Å². The van der Waals surface area contributed by atoms with Crippen molar-refractivity contribution in [2.75, 3.05) is 39.6 Å². The number of aliphatic hydroxyl groups is 1. The van der Waals surface area contributed by atoms with Gasteiger partial charge in [-0.1, -0.05) is 336 Å². The van der Waals surface area contributed by atoms with Gasteiger partial charge < -0.3 is 33.8 Å². The Labute approximate surface area is 568 Å². The summed E-state index contributed by atoms with van der Waals surface area (Å²) in [7, 11) is -9.89. The Morgan fingerprint density at radius 1 is 0.301 bits per heavy atom. The molecular formula is C74H144O17P2. The van der Waals surface area contributed by atoms with Gasteiger partial charge in [-0.05, 0) is 31.6 Å². The molecule has 3 N–H and O–H groups in total. The maximum absolute atomic E-state index is 13.1. The quantitative estimate of drug-likeness (QED) is 0.0222. The van der Waals surface area contributed by atoms with Crippen molar-refractivity contribution in [3.63, 3.8) is 0 Å². The summed E-state index contributed by atoms with van der Waals surface area (Å²) in [5.41, 5.74) is 0. The summed E-state index contributed by atoms with van der Waals surface area (Å²) in [6.45, 7) is 7.26. The van der Waals surface area contributed by atoms with Gasteiger partial charge in [0.1, 0.15) is 19.3 Å². The predicted octanol–water partition coefficient (Wildman–Crippen LogP) is 21.7. The average molecular weight is 1370 g/mol. The summed E-state index contributed by atoms with van der Waals surface area (Å²) in [5.74, 6) is -1.26. The highest BCUT2D eigenvalue weighted by molar-refractivity contribution is 7.47. The number of rotatable bonds is 74. The lowest BCUT2D eigenvalue weighted by molar-refractivity contribution is -0.161. The van der Waals surface area contributed by atoms with Crippen LogP contribution in [0.3, 0.4) is 0 Å². The zero-order chi connectivity index (χ0) is 68.4. The molecule has 0 saturated heterocycles. The Bertz CT molecular complexity index is 1790. The monoisotopic (exact) mass is 1370 g/mol. The number of hydrogen-bond acceptors (Lipinski definition) is 15. The first kappa shape index (κ1) is 91.1. The predicted molar refractivity (Wildman–Crippen MR) is 377 cm³/mol. The van der Waals surface area contributed by atoms with Gasteiger partial charge in [-0.25, -0.2) is 9.13 Å². The summed E-state index contributed by atoms with van der Waals surface area (Å²) in [6.07, 6.45) is 55.8. The van der Waals surface area contributed by atoms with Crippen molar-refractivity contribution in [3.8, 4) is 0 Å². The van der Waals surface area contributed by atoms with Crippen LogP contribution in [0.25, 0.3) is 0 Å². The maximum Gasteiger partial charge on any atom is 0.472 e. The molecule has 0 radical (unpaired) electrons. The van der Waals surface area contributed by atoms with Crippen LogP contribution < -0.4 is 0 Å². The fourth-order valence-corrected chi connectivity index (χ4v) is 12.9. The van der Waals surface area contributed by atoms with Crippen molar-refractivity contribution in [1.82, 2.24) is 0 Å². The largest absolute Gasteiger partial charge is 0.472 e. The second-order valence-electron chi connectivity index (χ2n) is 26.9. The van der Waals surface area contributed by atoms with Crippen LogP contribution in [0.15, 0.2) is 0 Å². The van der Waals surface area contributed by atoms with Crippen LogP contribution in [-0.4, -0.2) is 96.7 Å². The number of phosphoric ester groups is 2. The number of ether oxygens (including phenoxy) is 4. The molecule has 0 rings (SSSR count). The summed E-state index contributed by atoms with van der Waals surface area (Å²) < 4.78 is 68.2. The summed E-state index contributed by atoms with van der Waals surface area (Å²) in [6, 6.07) is 0. The fraction of sp³-hybridized carbons (Fsp3) is 0.946. The van der Waals surface area contributed by atoms with E-state index in [2.05, 4.69) is 34.6 Å². The number of phosphoric acid groups is 2. The molecule has 0 heterocycles. The summed E-state index contributed by atoms with van der Waals surface area (Å²) in [5, 5.41) is 10.6. The van der Waals surface area contributed by atoms with E-state index in [1.165, 1.54) is 205 Å². The molecular weight excluding hydrogens is 1220 g/mol. The molecule has 0 fully saturated rings. The molecule has 93 heavy (non-hydrogen) atoms. The highest BCUT2D eigenvalue weighted by Crippen LogP contribution is 2.45. The molecule has 0 aromatic rings. The molecule has 0 aromatic heterocycles. The van der Waals surface area contributed by atoms with E-state index in [0.717, 1.165) is 102 Å².